The van der Waals surface area contributed by atoms with E-state index in [-0.39, 0.29) is 21.6 Å². The lowest BCUT2D eigenvalue weighted by molar-refractivity contribution is -0.136. The maximum absolute atomic E-state index is 13.2. The Labute approximate surface area is 131 Å². The van der Waals surface area contributed by atoms with E-state index in [4.69, 9.17) is 11.6 Å². The van der Waals surface area contributed by atoms with Gasteiger partial charge < -0.3 is 5.32 Å². The standard InChI is InChI=1S/C16H14ClF3N2/c1-8-7-15(2,3)22-13-6-12-10(4-9(8)13)11(16(18,19)20)5-14(17)21-12/h4-7,22H,1-3H3. The molecule has 116 valence electrons. The van der Waals surface area contributed by atoms with E-state index in [1.54, 1.807) is 6.07 Å². The van der Waals surface area contributed by atoms with E-state index in [1.807, 2.05) is 26.8 Å². The molecule has 0 saturated carbocycles. The summed E-state index contributed by atoms with van der Waals surface area (Å²) in [6.45, 7) is 5.89. The van der Waals surface area contributed by atoms with E-state index in [0.29, 0.717) is 0 Å². The van der Waals surface area contributed by atoms with Crippen molar-refractivity contribution < 1.29 is 13.2 Å². The Morgan fingerprint density at radius 3 is 2.50 bits per heavy atom. The van der Waals surface area contributed by atoms with Crippen molar-refractivity contribution in [2.75, 3.05) is 5.32 Å². The molecule has 0 atom stereocenters. The predicted octanol–water partition coefficient (Wildman–Crippen LogP) is 5.51. The number of alkyl halides is 3. The lowest BCUT2D eigenvalue weighted by Gasteiger charge is -2.31. The highest BCUT2D eigenvalue weighted by Crippen LogP contribution is 2.41. The van der Waals surface area contributed by atoms with Crippen LogP contribution in [0.2, 0.25) is 5.15 Å². The van der Waals surface area contributed by atoms with Gasteiger partial charge in [-0.1, -0.05) is 17.7 Å². The minimum Gasteiger partial charge on any atom is -0.376 e. The molecule has 1 aliphatic rings. The Morgan fingerprint density at radius 1 is 1.18 bits per heavy atom. The Kier molecular flexibility index (Phi) is 3.18. The summed E-state index contributed by atoms with van der Waals surface area (Å²) in [7, 11) is 0. The largest absolute Gasteiger partial charge is 0.417 e. The van der Waals surface area contributed by atoms with Gasteiger partial charge in [-0.05, 0) is 44.5 Å². The summed E-state index contributed by atoms with van der Waals surface area (Å²) >= 11 is 5.75. The lowest BCUT2D eigenvalue weighted by atomic mass is 9.90. The van der Waals surface area contributed by atoms with Crippen molar-refractivity contribution in [2.24, 2.45) is 0 Å². The van der Waals surface area contributed by atoms with Crippen LogP contribution in [0.3, 0.4) is 0 Å². The van der Waals surface area contributed by atoms with E-state index in [2.05, 4.69) is 10.3 Å². The number of hydrogen-bond acceptors (Lipinski definition) is 2. The van der Waals surface area contributed by atoms with Gasteiger partial charge in [0.05, 0.1) is 16.6 Å². The van der Waals surface area contributed by atoms with E-state index >= 15 is 0 Å². The number of benzene rings is 1. The molecule has 0 unspecified atom stereocenters. The smallest absolute Gasteiger partial charge is 0.376 e. The zero-order valence-corrected chi connectivity index (χ0v) is 13.0. The van der Waals surface area contributed by atoms with Crippen molar-refractivity contribution >= 4 is 33.8 Å². The zero-order valence-electron chi connectivity index (χ0n) is 12.3. The summed E-state index contributed by atoms with van der Waals surface area (Å²) in [6.07, 6.45) is -2.48. The fourth-order valence-corrected chi connectivity index (χ4v) is 3.11. The SMILES string of the molecule is CC1=CC(C)(C)Nc2cc3nc(Cl)cc(C(F)(F)F)c3cc21. The molecule has 3 rings (SSSR count). The molecule has 2 aromatic rings. The van der Waals surface area contributed by atoms with Gasteiger partial charge in [0.25, 0.3) is 0 Å². The van der Waals surface area contributed by atoms with E-state index < -0.39 is 11.7 Å². The molecule has 2 heterocycles. The van der Waals surface area contributed by atoms with E-state index in [0.717, 1.165) is 22.9 Å². The summed E-state index contributed by atoms with van der Waals surface area (Å²) in [5, 5.41) is 3.19. The first kappa shape index (κ1) is 15.2. The van der Waals surface area contributed by atoms with Gasteiger partial charge >= 0.3 is 6.18 Å². The number of anilines is 1. The highest BCUT2D eigenvalue weighted by atomic mass is 35.5. The second-order valence-electron chi connectivity index (χ2n) is 6.08. The van der Waals surface area contributed by atoms with E-state index in [1.165, 1.54) is 6.07 Å². The molecule has 0 fully saturated rings. The third kappa shape index (κ3) is 2.54. The molecule has 0 aliphatic carbocycles. The minimum atomic E-state index is -4.47. The first-order valence-electron chi connectivity index (χ1n) is 6.76. The van der Waals surface area contributed by atoms with Gasteiger partial charge in [-0.2, -0.15) is 13.2 Å². The number of aromatic nitrogens is 1. The highest BCUT2D eigenvalue weighted by molar-refractivity contribution is 6.30. The molecule has 1 aliphatic heterocycles. The number of rotatable bonds is 0. The topological polar surface area (TPSA) is 24.9 Å². The van der Waals surface area contributed by atoms with Crippen LogP contribution in [-0.4, -0.2) is 10.5 Å². The van der Waals surface area contributed by atoms with E-state index in [9.17, 15) is 13.2 Å². The minimum absolute atomic E-state index is 0.0601. The third-order valence-electron chi connectivity index (χ3n) is 3.68. The molecule has 2 nitrogen and oxygen atoms in total. The fraction of sp³-hybridized carbons (Fsp3) is 0.312. The van der Waals surface area contributed by atoms with Gasteiger partial charge in [0.1, 0.15) is 5.15 Å². The molecule has 0 amide bonds. The normalized spacial score (nSPS) is 17.0. The van der Waals surface area contributed by atoms with Gasteiger partial charge in [-0.3, -0.25) is 0 Å². The Hall–Kier alpha value is -1.75. The van der Waals surface area contributed by atoms with Gasteiger partial charge in [0.15, 0.2) is 0 Å². The Bertz CT molecular complexity index is 807. The summed E-state index contributed by atoms with van der Waals surface area (Å²) in [6, 6.07) is 4.03. The third-order valence-corrected chi connectivity index (χ3v) is 3.87. The molecule has 1 aromatic carbocycles. The molecule has 0 radical (unpaired) electrons. The number of allylic oxidation sites excluding steroid dienone is 1. The van der Waals surface area contributed by atoms with Crippen LogP contribution in [0.25, 0.3) is 16.5 Å². The molecule has 0 saturated heterocycles. The van der Waals surface area contributed by atoms with Crippen LogP contribution in [0, 0.1) is 0 Å². The maximum Gasteiger partial charge on any atom is 0.417 e. The monoisotopic (exact) mass is 326 g/mol. The average molecular weight is 327 g/mol. The fourth-order valence-electron chi connectivity index (χ4n) is 2.91. The van der Waals surface area contributed by atoms with Gasteiger partial charge in [-0.25, -0.2) is 4.98 Å². The molecule has 0 bridgehead atoms. The zero-order chi connectivity index (χ0) is 16.3. The summed E-state index contributed by atoms with van der Waals surface area (Å²) < 4.78 is 39.7. The first-order chi connectivity index (χ1) is 10.1. The van der Waals surface area contributed by atoms with Crippen molar-refractivity contribution in [2.45, 2.75) is 32.5 Å². The van der Waals surface area contributed by atoms with Crippen LogP contribution < -0.4 is 5.32 Å². The Balaban J connectivity index is 2.34. The molecule has 22 heavy (non-hydrogen) atoms. The number of halogens is 4. The first-order valence-corrected chi connectivity index (χ1v) is 7.14. The van der Waals surface area contributed by atoms with Crippen molar-refractivity contribution in [3.63, 3.8) is 0 Å². The number of nitrogens with zero attached hydrogens (tertiary/aromatic N) is 1. The maximum atomic E-state index is 13.2. The number of pyridine rings is 1. The van der Waals surface area contributed by atoms with Crippen molar-refractivity contribution in [1.82, 2.24) is 4.98 Å². The highest BCUT2D eigenvalue weighted by Gasteiger charge is 2.34. The lowest BCUT2D eigenvalue weighted by Crippen LogP contribution is -2.31. The Morgan fingerprint density at radius 2 is 1.86 bits per heavy atom. The number of nitrogens with one attached hydrogen (secondary N) is 1. The van der Waals surface area contributed by atoms with Gasteiger partial charge in [-0.15, -0.1) is 0 Å². The second kappa shape index (κ2) is 4.62. The van der Waals surface area contributed by atoms with Crippen molar-refractivity contribution in [1.29, 1.82) is 0 Å². The number of hydrogen-bond donors (Lipinski definition) is 1. The van der Waals surface area contributed by atoms with Crippen molar-refractivity contribution in [3.8, 4) is 0 Å². The van der Waals surface area contributed by atoms with Crippen LogP contribution in [0.15, 0.2) is 24.3 Å². The summed E-state index contributed by atoms with van der Waals surface area (Å²) in [5.41, 5.74) is 1.65. The van der Waals surface area contributed by atoms with Crippen LogP contribution in [0.4, 0.5) is 18.9 Å². The summed E-state index contributed by atoms with van der Waals surface area (Å²) in [4.78, 5) is 4.04. The quantitative estimate of drug-likeness (QED) is 0.645. The van der Waals surface area contributed by atoms with Crippen LogP contribution >= 0.6 is 11.6 Å². The molecule has 1 N–H and O–H groups in total. The number of fused-ring (bicyclic) bond motifs is 2. The van der Waals surface area contributed by atoms with Crippen molar-refractivity contribution in [3.05, 3.63) is 40.6 Å². The summed E-state index contributed by atoms with van der Waals surface area (Å²) in [5.74, 6) is 0. The van der Waals surface area contributed by atoms with Crippen LogP contribution in [0.5, 0.6) is 0 Å². The van der Waals surface area contributed by atoms with Crippen LogP contribution in [-0.2, 0) is 6.18 Å². The predicted molar refractivity (Wildman–Crippen MR) is 83.1 cm³/mol. The molecular formula is C16H14ClF3N2. The second-order valence-corrected chi connectivity index (χ2v) is 6.47. The molecular weight excluding hydrogens is 313 g/mol. The molecule has 6 heteroatoms. The molecule has 0 spiro atoms. The molecule has 1 aromatic heterocycles. The van der Waals surface area contributed by atoms with Crippen LogP contribution in [0.1, 0.15) is 31.9 Å². The van der Waals surface area contributed by atoms with Gasteiger partial charge in [0.2, 0.25) is 0 Å². The average Bonchev–Trinajstić information content (AvgIpc) is 2.33. The van der Waals surface area contributed by atoms with Gasteiger partial charge in [0, 0.05) is 16.6 Å².